The summed E-state index contributed by atoms with van der Waals surface area (Å²) in [4.78, 5) is 7.36. The molecular formula is C35H29N4OPt-3. The van der Waals surface area contributed by atoms with Crippen LogP contribution in [-0.4, -0.2) is 16.5 Å². The summed E-state index contributed by atoms with van der Waals surface area (Å²) in [7, 11) is 0. The van der Waals surface area contributed by atoms with Gasteiger partial charge >= 0.3 is 0 Å². The van der Waals surface area contributed by atoms with Crippen LogP contribution in [0.5, 0.6) is 11.5 Å². The molecule has 0 saturated heterocycles. The van der Waals surface area contributed by atoms with Crippen molar-refractivity contribution >= 4 is 38.9 Å². The Bertz CT molecular complexity index is 2280. The average Bonchev–Trinajstić information content (AvgIpc) is 3.60. The fraction of sp³-hybridized carbons (Fsp3) is 0.143. The van der Waals surface area contributed by atoms with Crippen molar-refractivity contribution in [2.45, 2.75) is 26.0 Å². The summed E-state index contributed by atoms with van der Waals surface area (Å²) >= 11 is 0. The molecule has 5 nitrogen and oxygen atoms in total. The van der Waals surface area contributed by atoms with Crippen molar-refractivity contribution in [2.24, 2.45) is 0 Å². The summed E-state index contributed by atoms with van der Waals surface area (Å²) in [5.41, 5.74) is -0.894. The van der Waals surface area contributed by atoms with E-state index in [2.05, 4.69) is 17.1 Å². The Kier molecular flexibility index (Phi) is 4.15. The Balaban J connectivity index is 0.00000481. The molecule has 0 N–H and O–H groups in total. The van der Waals surface area contributed by atoms with Crippen molar-refractivity contribution in [3.63, 3.8) is 0 Å². The SMILES string of the molecule is [2H]C([2H])([2H])N1[CH-]N(c2[c-]c(Oc3[c-]c4c(cc3)c3ccccc3n4-c3cc(C(C([2H])([2H])[2H])(C([2H])([2H])[2H])C([2H])([2H])[2H])ccn3)ccc2)c2ccccc21.[Pt]. The van der Waals surface area contributed by atoms with Gasteiger partial charge in [0.25, 0.3) is 0 Å². The molecule has 7 rings (SSSR count). The average molecular weight is 729 g/mol. The minimum Gasteiger partial charge on any atom is -0.509 e. The van der Waals surface area contributed by atoms with Crippen molar-refractivity contribution in [2.75, 3.05) is 16.8 Å². The van der Waals surface area contributed by atoms with Crippen LogP contribution in [-0.2, 0) is 26.5 Å². The minimum absolute atomic E-state index is 0. The maximum atomic E-state index is 8.20. The Hall–Kier alpha value is -4.08. The van der Waals surface area contributed by atoms with Crippen LogP contribution in [0.25, 0.3) is 27.6 Å². The van der Waals surface area contributed by atoms with E-state index in [1.165, 1.54) is 23.8 Å². The first kappa shape index (κ1) is 16.4. The molecule has 2 aromatic heterocycles. The van der Waals surface area contributed by atoms with Gasteiger partial charge in [-0.3, -0.25) is 0 Å². The van der Waals surface area contributed by atoms with E-state index in [0.29, 0.717) is 33.8 Å². The Morgan fingerprint density at radius 2 is 1.63 bits per heavy atom. The summed E-state index contributed by atoms with van der Waals surface area (Å²) in [5, 5.41) is 1.49. The van der Waals surface area contributed by atoms with Gasteiger partial charge in [-0.25, -0.2) is 4.98 Å². The number of fused-ring (bicyclic) bond motifs is 4. The maximum absolute atomic E-state index is 8.20. The van der Waals surface area contributed by atoms with E-state index in [1.54, 1.807) is 64.1 Å². The summed E-state index contributed by atoms with van der Waals surface area (Å²) in [6, 6.07) is 31.9. The van der Waals surface area contributed by atoms with Crippen molar-refractivity contribution in [3.8, 4) is 17.3 Å². The fourth-order valence-corrected chi connectivity index (χ4v) is 5.00. The Morgan fingerprint density at radius 3 is 2.49 bits per heavy atom. The van der Waals surface area contributed by atoms with Gasteiger partial charge in [0.05, 0.1) is 0 Å². The van der Waals surface area contributed by atoms with Gasteiger partial charge < -0.3 is 19.1 Å². The van der Waals surface area contributed by atoms with E-state index < -0.39 is 38.5 Å². The molecule has 208 valence electrons. The first-order chi connectivity index (χ1) is 24.3. The zero-order chi connectivity index (χ0) is 37.4. The van der Waals surface area contributed by atoms with E-state index in [-0.39, 0.29) is 32.6 Å². The number of pyridine rings is 1. The second-order valence-electron chi connectivity index (χ2n) is 9.44. The van der Waals surface area contributed by atoms with Gasteiger partial charge in [-0.15, -0.1) is 41.4 Å². The summed E-state index contributed by atoms with van der Waals surface area (Å²) in [5.74, 6) is 0.639. The number of rotatable bonds is 4. The number of hydrogen-bond acceptors (Lipinski definition) is 4. The first-order valence-electron chi connectivity index (χ1n) is 18.5. The Labute approximate surface area is 272 Å². The van der Waals surface area contributed by atoms with Crippen LogP contribution in [0.1, 0.15) is 42.6 Å². The van der Waals surface area contributed by atoms with Crippen molar-refractivity contribution in [1.29, 1.82) is 0 Å². The smallest absolute Gasteiger partial charge is 0.135 e. The third kappa shape index (κ3) is 4.79. The van der Waals surface area contributed by atoms with Crippen molar-refractivity contribution in [3.05, 3.63) is 122 Å². The zero-order valence-electron chi connectivity index (χ0n) is 33.3. The van der Waals surface area contributed by atoms with E-state index in [9.17, 15) is 0 Å². The molecule has 0 bridgehead atoms. The summed E-state index contributed by atoms with van der Waals surface area (Å²) < 4.78 is 106. The monoisotopic (exact) mass is 728 g/mol. The van der Waals surface area contributed by atoms with Gasteiger partial charge in [-0.05, 0) is 53.7 Å². The van der Waals surface area contributed by atoms with Crippen LogP contribution in [0.2, 0.25) is 0 Å². The molecular weight excluding hydrogens is 687 g/mol. The molecule has 0 atom stereocenters. The molecule has 3 heterocycles. The van der Waals surface area contributed by atoms with Crippen molar-refractivity contribution < 1.29 is 42.3 Å². The molecule has 4 aromatic carbocycles. The third-order valence-corrected chi connectivity index (χ3v) is 6.83. The maximum Gasteiger partial charge on any atom is 0.135 e. The van der Waals surface area contributed by atoms with E-state index in [1.807, 2.05) is 24.3 Å². The van der Waals surface area contributed by atoms with Gasteiger partial charge in [0.15, 0.2) is 0 Å². The molecule has 41 heavy (non-hydrogen) atoms. The van der Waals surface area contributed by atoms with E-state index in [0.717, 1.165) is 16.8 Å². The molecule has 1 aliphatic heterocycles. The number of para-hydroxylation sites is 3. The number of anilines is 3. The molecule has 0 radical (unpaired) electrons. The largest absolute Gasteiger partial charge is 0.509 e. The van der Waals surface area contributed by atoms with Crippen LogP contribution in [0.3, 0.4) is 0 Å². The molecule has 0 aliphatic carbocycles. The first-order valence-corrected chi connectivity index (χ1v) is 12.5. The molecule has 1 aliphatic rings. The number of hydrogen-bond donors (Lipinski definition) is 0. The third-order valence-electron chi connectivity index (χ3n) is 6.83. The normalized spacial score (nSPS) is 18.5. The van der Waals surface area contributed by atoms with Gasteiger partial charge in [0.1, 0.15) is 5.82 Å². The van der Waals surface area contributed by atoms with Crippen LogP contribution in [0, 0.1) is 18.8 Å². The molecule has 0 fully saturated rings. The zero-order valence-corrected chi connectivity index (χ0v) is 23.6. The Morgan fingerprint density at radius 1 is 0.829 bits per heavy atom. The van der Waals surface area contributed by atoms with E-state index in [4.69, 9.17) is 21.2 Å². The predicted octanol–water partition coefficient (Wildman–Crippen LogP) is 8.57. The molecule has 0 saturated carbocycles. The summed E-state index contributed by atoms with van der Waals surface area (Å²) in [6.07, 6.45) is 1.20. The van der Waals surface area contributed by atoms with Crippen LogP contribution in [0.4, 0.5) is 17.1 Å². The molecule has 6 heteroatoms. The standard InChI is InChI=1S/C35H29N4O.Pt/c1-35(2,3)24-18-19-36-34(20-24)39-30-13-6-5-12-28(30)29-17-16-27(22-33(29)39)40-26-11-9-10-25(21-26)38-23-37(4)31-14-7-8-15-32(31)38;/h5-20,23H,1-4H3;/q-3;/i1D3,2D3,3D3,4D3;. The summed E-state index contributed by atoms with van der Waals surface area (Å²) in [6.45, 7) is -11.3. The van der Waals surface area contributed by atoms with Gasteiger partial charge in [-0.1, -0.05) is 56.4 Å². The molecule has 0 amide bonds. The number of ether oxygens (including phenoxy) is 1. The van der Waals surface area contributed by atoms with Crippen molar-refractivity contribution in [1.82, 2.24) is 9.55 Å². The second kappa shape index (κ2) is 10.4. The predicted molar refractivity (Wildman–Crippen MR) is 163 cm³/mol. The topological polar surface area (TPSA) is 33.5 Å². The second-order valence-corrected chi connectivity index (χ2v) is 9.44. The molecule has 0 unspecified atom stereocenters. The minimum atomic E-state index is -3.44. The fourth-order valence-electron chi connectivity index (χ4n) is 5.00. The number of aromatic nitrogens is 2. The number of benzene rings is 4. The quantitative estimate of drug-likeness (QED) is 0.171. The van der Waals surface area contributed by atoms with E-state index >= 15 is 0 Å². The van der Waals surface area contributed by atoms with Crippen LogP contribution < -0.4 is 14.5 Å². The van der Waals surface area contributed by atoms with Crippen LogP contribution >= 0.6 is 0 Å². The number of nitrogens with zero attached hydrogens (tertiary/aromatic N) is 4. The molecule has 6 aromatic rings. The van der Waals surface area contributed by atoms with Gasteiger partial charge in [-0.2, -0.15) is 18.8 Å². The van der Waals surface area contributed by atoms with Crippen LogP contribution in [0.15, 0.2) is 97.2 Å². The van der Waals surface area contributed by atoms with Gasteiger partial charge in [0, 0.05) is 72.1 Å². The van der Waals surface area contributed by atoms with Gasteiger partial charge in [0.2, 0.25) is 0 Å². The molecule has 0 spiro atoms.